The first-order chi connectivity index (χ1) is 5.29. The Bertz CT molecular complexity index is 156. The highest BCUT2D eigenvalue weighted by Gasteiger charge is 1.93. The standard InChI is InChI=1S/C6H11N3.C2H6/c1-6(2)5-9-4-3-7-8-9;1-2/h3-4,6H,5H2,1-2H3;1-2H3. The molecule has 0 aromatic carbocycles. The van der Waals surface area contributed by atoms with E-state index in [4.69, 9.17) is 0 Å². The fraction of sp³-hybridized carbons (Fsp3) is 0.750. The Morgan fingerprint density at radius 2 is 2.00 bits per heavy atom. The Kier molecular flexibility index (Phi) is 5.43. The van der Waals surface area contributed by atoms with Crippen molar-refractivity contribution in [2.24, 2.45) is 5.92 Å². The highest BCUT2D eigenvalue weighted by molar-refractivity contribution is 4.64. The van der Waals surface area contributed by atoms with Crippen LogP contribution >= 0.6 is 0 Å². The van der Waals surface area contributed by atoms with Crippen molar-refractivity contribution in [2.45, 2.75) is 34.2 Å². The lowest BCUT2D eigenvalue weighted by atomic mass is 10.2. The van der Waals surface area contributed by atoms with E-state index in [0.717, 1.165) is 6.54 Å². The summed E-state index contributed by atoms with van der Waals surface area (Å²) in [6.45, 7) is 9.27. The van der Waals surface area contributed by atoms with E-state index in [0.29, 0.717) is 5.92 Å². The molecule has 3 nitrogen and oxygen atoms in total. The minimum Gasteiger partial charge on any atom is -0.252 e. The molecule has 0 spiro atoms. The molecule has 3 heteroatoms. The molecule has 64 valence electrons. The second-order valence-corrected chi connectivity index (χ2v) is 2.52. The van der Waals surface area contributed by atoms with E-state index < -0.39 is 0 Å². The van der Waals surface area contributed by atoms with E-state index in [-0.39, 0.29) is 0 Å². The highest BCUT2D eigenvalue weighted by Crippen LogP contribution is 1.94. The summed E-state index contributed by atoms with van der Waals surface area (Å²) >= 11 is 0. The lowest BCUT2D eigenvalue weighted by molar-refractivity contribution is 0.472. The zero-order valence-corrected chi connectivity index (χ0v) is 7.78. The summed E-state index contributed by atoms with van der Waals surface area (Å²) < 4.78 is 1.84. The normalized spacial score (nSPS) is 9.18. The first kappa shape index (κ1) is 10.1. The van der Waals surface area contributed by atoms with Gasteiger partial charge in [-0.25, -0.2) is 0 Å². The summed E-state index contributed by atoms with van der Waals surface area (Å²) in [6.07, 6.45) is 3.57. The van der Waals surface area contributed by atoms with Gasteiger partial charge in [0.1, 0.15) is 0 Å². The van der Waals surface area contributed by atoms with Crippen LogP contribution in [0.4, 0.5) is 0 Å². The molecule has 0 amide bonds. The van der Waals surface area contributed by atoms with Crippen molar-refractivity contribution >= 4 is 0 Å². The van der Waals surface area contributed by atoms with Crippen LogP contribution in [0.2, 0.25) is 0 Å². The van der Waals surface area contributed by atoms with Crippen LogP contribution in [-0.4, -0.2) is 15.0 Å². The maximum absolute atomic E-state index is 3.82. The molecule has 0 aliphatic carbocycles. The van der Waals surface area contributed by atoms with Crippen molar-refractivity contribution in [2.75, 3.05) is 0 Å². The fourth-order valence-electron chi connectivity index (χ4n) is 0.704. The van der Waals surface area contributed by atoms with Gasteiger partial charge in [0.2, 0.25) is 0 Å². The van der Waals surface area contributed by atoms with Gasteiger partial charge in [0, 0.05) is 12.7 Å². The Labute approximate surface area is 68.4 Å². The molecule has 0 aliphatic heterocycles. The summed E-state index contributed by atoms with van der Waals surface area (Å²) in [7, 11) is 0. The lowest BCUT2D eigenvalue weighted by Gasteiger charge is -2.01. The molecular formula is C8H17N3. The molecule has 0 saturated carbocycles. The summed E-state index contributed by atoms with van der Waals surface area (Å²) in [5.41, 5.74) is 0. The predicted molar refractivity (Wildman–Crippen MR) is 46.2 cm³/mol. The van der Waals surface area contributed by atoms with Gasteiger partial charge in [-0.15, -0.1) is 5.10 Å². The third-order valence-corrected chi connectivity index (χ3v) is 1.02. The minimum atomic E-state index is 0.645. The van der Waals surface area contributed by atoms with E-state index in [1.54, 1.807) is 6.20 Å². The largest absolute Gasteiger partial charge is 0.252 e. The monoisotopic (exact) mass is 155 g/mol. The van der Waals surface area contributed by atoms with E-state index in [9.17, 15) is 0 Å². The highest BCUT2D eigenvalue weighted by atomic mass is 15.4. The van der Waals surface area contributed by atoms with Gasteiger partial charge < -0.3 is 0 Å². The molecule has 1 aromatic heterocycles. The van der Waals surface area contributed by atoms with Crippen molar-refractivity contribution in [3.8, 4) is 0 Å². The number of aromatic nitrogens is 3. The van der Waals surface area contributed by atoms with Gasteiger partial charge >= 0.3 is 0 Å². The zero-order valence-electron chi connectivity index (χ0n) is 7.78. The Hall–Kier alpha value is -0.860. The lowest BCUT2D eigenvalue weighted by Crippen LogP contribution is -2.04. The molecule has 0 bridgehead atoms. The summed E-state index contributed by atoms with van der Waals surface area (Å²) in [5.74, 6) is 0.645. The second kappa shape index (κ2) is 5.89. The van der Waals surface area contributed by atoms with Crippen molar-refractivity contribution in [3.63, 3.8) is 0 Å². The average Bonchev–Trinajstić information content (AvgIpc) is 2.43. The van der Waals surface area contributed by atoms with Crippen LogP contribution in [0.3, 0.4) is 0 Å². The first-order valence-electron chi connectivity index (χ1n) is 4.13. The van der Waals surface area contributed by atoms with Gasteiger partial charge in [-0.1, -0.05) is 32.9 Å². The maximum atomic E-state index is 3.82. The SMILES string of the molecule is CC.CC(C)Cn1ccnn1. The van der Waals surface area contributed by atoms with Gasteiger partial charge in [0.15, 0.2) is 0 Å². The van der Waals surface area contributed by atoms with E-state index in [1.807, 2.05) is 24.7 Å². The zero-order chi connectivity index (χ0) is 8.69. The molecule has 0 saturated heterocycles. The van der Waals surface area contributed by atoms with Gasteiger partial charge in [-0.2, -0.15) is 0 Å². The predicted octanol–water partition coefficient (Wildman–Crippen LogP) is 1.96. The topological polar surface area (TPSA) is 30.7 Å². The van der Waals surface area contributed by atoms with Crippen LogP contribution in [-0.2, 0) is 6.54 Å². The summed E-state index contributed by atoms with van der Waals surface area (Å²) in [5, 5.41) is 7.51. The van der Waals surface area contributed by atoms with Crippen molar-refractivity contribution in [1.82, 2.24) is 15.0 Å². The number of hydrogen-bond donors (Lipinski definition) is 0. The van der Waals surface area contributed by atoms with Crippen LogP contribution in [0.5, 0.6) is 0 Å². The summed E-state index contributed by atoms with van der Waals surface area (Å²) in [6, 6.07) is 0. The van der Waals surface area contributed by atoms with Crippen LogP contribution in [0.15, 0.2) is 12.4 Å². The minimum absolute atomic E-state index is 0.645. The van der Waals surface area contributed by atoms with Crippen LogP contribution in [0.25, 0.3) is 0 Å². The van der Waals surface area contributed by atoms with Gasteiger partial charge in [0.05, 0.1) is 6.20 Å². The molecule has 11 heavy (non-hydrogen) atoms. The molecule has 1 heterocycles. The van der Waals surface area contributed by atoms with Gasteiger partial charge in [-0.3, -0.25) is 4.68 Å². The third-order valence-electron chi connectivity index (χ3n) is 1.02. The maximum Gasteiger partial charge on any atom is 0.0692 e. The quantitative estimate of drug-likeness (QED) is 0.653. The first-order valence-corrected chi connectivity index (χ1v) is 4.13. The van der Waals surface area contributed by atoms with E-state index in [2.05, 4.69) is 24.2 Å². The summed E-state index contributed by atoms with van der Waals surface area (Å²) in [4.78, 5) is 0. The van der Waals surface area contributed by atoms with Crippen LogP contribution in [0.1, 0.15) is 27.7 Å². The Morgan fingerprint density at radius 3 is 2.36 bits per heavy atom. The van der Waals surface area contributed by atoms with Crippen molar-refractivity contribution in [1.29, 1.82) is 0 Å². The molecule has 0 aliphatic rings. The third kappa shape index (κ3) is 4.53. The van der Waals surface area contributed by atoms with Crippen molar-refractivity contribution in [3.05, 3.63) is 12.4 Å². The molecule has 0 radical (unpaired) electrons. The number of nitrogens with zero attached hydrogens (tertiary/aromatic N) is 3. The average molecular weight is 155 g/mol. The molecule has 1 aromatic rings. The van der Waals surface area contributed by atoms with Crippen molar-refractivity contribution < 1.29 is 0 Å². The van der Waals surface area contributed by atoms with E-state index in [1.165, 1.54) is 0 Å². The molecule has 0 unspecified atom stereocenters. The Balaban J connectivity index is 0.000000461. The molecular weight excluding hydrogens is 138 g/mol. The van der Waals surface area contributed by atoms with Crippen LogP contribution < -0.4 is 0 Å². The number of rotatable bonds is 2. The molecule has 0 N–H and O–H groups in total. The van der Waals surface area contributed by atoms with Crippen LogP contribution in [0, 0.1) is 5.92 Å². The Morgan fingerprint density at radius 1 is 1.36 bits per heavy atom. The molecule has 1 rings (SSSR count). The van der Waals surface area contributed by atoms with E-state index >= 15 is 0 Å². The molecule has 0 fully saturated rings. The number of hydrogen-bond acceptors (Lipinski definition) is 2. The van der Waals surface area contributed by atoms with Gasteiger partial charge in [-0.05, 0) is 5.92 Å². The molecule has 0 atom stereocenters. The smallest absolute Gasteiger partial charge is 0.0692 e. The second-order valence-electron chi connectivity index (χ2n) is 2.52. The van der Waals surface area contributed by atoms with Gasteiger partial charge in [0.25, 0.3) is 0 Å². The fourth-order valence-corrected chi connectivity index (χ4v) is 0.704.